The van der Waals surface area contributed by atoms with E-state index in [-0.39, 0.29) is 5.69 Å². The number of benzene rings is 1. The summed E-state index contributed by atoms with van der Waals surface area (Å²) in [4.78, 5) is 20.5. The predicted molar refractivity (Wildman–Crippen MR) is 80.3 cm³/mol. The smallest absolute Gasteiger partial charge is 0.275 e. The molecule has 1 N–H and O–H groups in total. The number of imidazole rings is 1. The molecule has 0 bridgehead atoms. The topological polar surface area (TPSA) is 83.1 Å². The van der Waals surface area contributed by atoms with Crippen molar-refractivity contribution in [3.63, 3.8) is 0 Å². The van der Waals surface area contributed by atoms with Gasteiger partial charge in [0.15, 0.2) is 11.3 Å². The number of carbonyl (C=O) groups is 1. The molecule has 2 heterocycles. The third-order valence-electron chi connectivity index (χ3n) is 3.11. The summed E-state index contributed by atoms with van der Waals surface area (Å²) in [6, 6.07) is 8.02. The van der Waals surface area contributed by atoms with Gasteiger partial charge in [-0.15, -0.1) is 0 Å². The van der Waals surface area contributed by atoms with Crippen LogP contribution >= 0.6 is 11.6 Å². The monoisotopic (exact) mass is 311 g/mol. The Hall–Kier alpha value is -2.91. The van der Waals surface area contributed by atoms with E-state index in [1.807, 2.05) is 6.07 Å². The largest absolute Gasteiger partial charge is 0.331 e. The van der Waals surface area contributed by atoms with Crippen molar-refractivity contribution in [1.82, 2.24) is 19.7 Å². The summed E-state index contributed by atoms with van der Waals surface area (Å²) in [5, 5.41) is 12.4. The average molecular weight is 312 g/mol. The fraction of sp³-hybridized carbons (Fsp3) is 0.0667. The van der Waals surface area contributed by atoms with E-state index in [2.05, 4.69) is 15.3 Å². The molecule has 0 fully saturated rings. The van der Waals surface area contributed by atoms with Crippen LogP contribution in [0.3, 0.4) is 0 Å². The van der Waals surface area contributed by atoms with Crippen LogP contribution in [0.25, 0.3) is 5.65 Å². The standard InChI is InChI=1S/C15H10ClN5O/c16-11-3-1-2-10(8-11)12(9-17)20-15(22)13-14-19-5-7-21(14)6-4-18-13/h1-8,12H,(H,20,22)/t12-/m1/s1. The second-order valence-electron chi connectivity index (χ2n) is 4.52. The van der Waals surface area contributed by atoms with E-state index in [0.29, 0.717) is 16.2 Å². The quantitative estimate of drug-likeness (QED) is 0.805. The first-order valence-electron chi connectivity index (χ1n) is 6.42. The second kappa shape index (κ2) is 5.84. The number of nitrogens with zero attached hydrogens (tertiary/aromatic N) is 4. The van der Waals surface area contributed by atoms with E-state index in [9.17, 15) is 10.1 Å². The minimum Gasteiger partial charge on any atom is -0.331 e. The van der Waals surface area contributed by atoms with Crippen LogP contribution in [0.15, 0.2) is 49.1 Å². The van der Waals surface area contributed by atoms with Gasteiger partial charge in [0.05, 0.1) is 6.07 Å². The number of rotatable bonds is 3. The van der Waals surface area contributed by atoms with Crippen molar-refractivity contribution < 1.29 is 4.79 Å². The van der Waals surface area contributed by atoms with Gasteiger partial charge < -0.3 is 9.72 Å². The summed E-state index contributed by atoms with van der Waals surface area (Å²) >= 11 is 5.92. The first-order chi connectivity index (χ1) is 10.7. The minimum absolute atomic E-state index is 0.162. The molecular weight excluding hydrogens is 302 g/mol. The van der Waals surface area contributed by atoms with Crippen LogP contribution in [0, 0.1) is 11.3 Å². The molecule has 6 nitrogen and oxygen atoms in total. The Bertz CT molecular complexity index is 883. The average Bonchev–Trinajstić information content (AvgIpc) is 3.00. The SMILES string of the molecule is N#C[C@@H](NC(=O)c1nccn2ccnc12)c1cccc(Cl)c1. The zero-order chi connectivity index (χ0) is 15.5. The minimum atomic E-state index is -0.816. The maximum atomic E-state index is 12.4. The first-order valence-corrected chi connectivity index (χ1v) is 6.80. The number of nitriles is 1. The molecule has 0 aliphatic rings. The zero-order valence-electron chi connectivity index (χ0n) is 11.3. The van der Waals surface area contributed by atoms with Gasteiger partial charge in [-0.3, -0.25) is 4.79 Å². The van der Waals surface area contributed by atoms with Crippen molar-refractivity contribution in [2.45, 2.75) is 6.04 Å². The highest BCUT2D eigenvalue weighted by Gasteiger charge is 2.19. The van der Waals surface area contributed by atoms with Crippen molar-refractivity contribution >= 4 is 23.2 Å². The summed E-state index contributed by atoms with van der Waals surface area (Å²) in [6.07, 6.45) is 6.49. The molecule has 0 saturated carbocycles. The molecule has 3 rings (SSSR count). The molecule has 22 heavy (non-hydrogen) atoms. The van der Waals surface area contributed by atoms with Crippen LogP contribution in [0.2, 0.25) is 5.02 Å². The Balaban J connectivity index is 1.90. The molecule has 1 atom stereocenters. The molecule has 0 spiro atoms. The number of aromatic nitrogens is 3. The van der Waals surface area contributed by atoms with E-state index in [0.717, 1.165) is 0 Å². The normalized spacial score (nSPS) is 11.8. The molecule has 0 radical (unpaired) electrons. The number of fused-ring (bicyclic) bond motifs is 1. The Morgan fingerprint density at radius 2 is 2.09 bits per heavy atom. The van der Waals surface area contributed by atoms with Crippen molar-refractivity contribution in [2.24, 2.45) is 0 Å². The molecular formula is C15H10ClN5O. The Kier molecular flexibility index (Phi) is 3.73. The number of amides is 1. The lowest BCUT2D eigenvalue weighted by Gasteiger charge is -2.12. The van der Waals surface area contributed by atoms with Crippen LogP contribution in [-0.4, -0.2) is 20.3 Å². The van der Waals surface area contributed by atoms with Crippen LogP contribution in [-0.2, 0) is 0 Å². The van der Waals surface area contributed by atoms with Gasteiger partial charge >= 0.3 is 0 Å². The first kappa shape index (κ1) is 14.0. The van der Waals surface area contributed by atoms with Gasteiger partial charge in [-0.2, -0.15) is 5.26 Å². The van der Waals surface area contributed by atoms with E-state index < -0.39 is 11.9 Å². The molecule has 108 valence electrons. The fourth-order valence-electron chi connectivity index (χ4n) is 2.09. The summed E-state index contributed by atoms with van der Waals surface area (Å²) in [6.45, 7) is 0. The maximum Gasteiger partial charge on any atom is 0.275 e. The van der Waals surface area contributed by atoms with Gasteiger partial charge in [0.2, 0.25) is 0 Å². The molecule has 1 amide bonds. The fourth-order valence-corrected chi connectivity index (χ4v) is 2.29. The summed E-state index contributed by atoms with van der Waals surface area (Å²) in [5.74, 6) is -0.469. The third kappa shape index (κ3) is 2.62. The number of carbonyl (C=O) groups excluding carboxylic acids is 1. The summed E-state index contributed by atoms with van der Waals surface area (Å²) in [7, 11) is 0. The van der Waals surface area contributed by atoms with E-state index >= 15 is 0 Å². The molecule has 2 aromatic heterocycles. The maximum absolute atomic E-state index is 12.4. The van der Waals surface area contributed by atoms with Crippen LogP contribution in [0.5, 0.6) is 0 Å². The van der Waals surface area contributed by atoms with Crippen LogP contribution in [0.1, 0.15) is 22.1 Å². The van der Waals surface area contributed by atoms with E-state index in [1.54, 1.807) is 47.3 Å². The number of nitrogens with one attached hydrogen (secondary N) is 1. The molecule has 0 unspecified atom stereocenters. The van der Waals surface area contributed by atoms with Crippen molar-refractivity contribution in [3.05, 3.63) is 65.3 Å². The zero-order valence-corrected chi connectivity index (χ0v) is 12.0. The molecule has 7 heteroatoms. The van der Waals surface area contributed by atoms with Gasteiger partial charge in [0.25, 0.3) is 5.91 Å². The third-order valence-corrected chi connectivity index (χ3v) is 3.35. The van der Waals surface area contributed by atoms with Gasteiger partial charge in [-0.1, -0.05) is 23.7 Å². The molecule has 0 aliphatic heterocycles. The highest BCUT2D eigenvalue weighted by Crippen LogP contribution is 2.18. The number of hydrogen-bond donors (Lipinski definition) is 1. The molecule has 0 aliphatic carbocycles. The predicted octanol–water partition coefficient (Wildman–Crippen LogP) is 2.38. The van der Waals surface area contributed by atoms with E-state index in [4.69, 9.17) is 11.6 Å². The number of hydrogen-bond acceptors (Lipinski definition) is 4. The van der Waals surface area contributed by atoms with Gasteiger partial charge in [0, 0.05) is 29.8 Å². The highest BCUT2D eigenvalue weighted by molar-refractivity contribution is 6.30. The van der Waals surface area contributed by atoms with Crippen molar-refractivity contribution in [1.29, 1.82) is 5.26 Å². The van der Waals surface area contributed by atoms with Gasteiger partial charge in [-0.05, 0) is 17.7 Å². The van der Waals surface area contributed by atoms with Crippen molar-refractivity contribution in [3.8, 4) is 6.07 Å². The highest BCUT2D eigenvalue weighted by atomic mass is 35.5. The lowest BCUT2D eigenvalue weighted by molar-refractivity contribution is 0.0941. The van der Waals surface area contributed by atoms with Crippen LogP contribution in [0.4, 0.5) is 0 Å². The summed E-state index contributed by atoms with van der Waals surface area (Å²) in [5.41, 5.74) is 1.20. The van der Waals surface area contributed by atoms with Crippen LogP contribution < -0.4 is 5.32 Å². The Morgan fingerprint density at radius 1 is 1.32 bits per heavy atom. The lowest BCUT2D eigenvalue weighted by atomic mass is 10.1. The Labute approximate surface area is 131 Å². The van der Waals surface area contributed by atoms with Crippen molar-refractivity contribution in [2.75, 3.05) is 0 Å². The molecule has 3 aromatic rings. The Morgan fingerprint density at radius 3 is 2.82 bits per heavy atom. The van der Waals surface area contributed by atoms with E-state index in [1.165, 1.54) is 6.20 Å². The molecule has 0 saturated heterocycles. The summed E-state index contributed by atoms with van der Waals surface area (Å²) < 4.78 is 1.68. The molecule has 1 aromatic carbocycles. The lowest BCUT2D eigenvalue weighted by Crippen LogP contribution is -2.28. The van der Waals surface area contributed by atoms with Gasteiger partial charge in [-0.25, -0.2) is 9.97 Å². The second-order valence-corrected chi connectivity index (χ2v) is 4.96. The van der Waals surface area contributed by atoms with Gasteiger partial charge in [0.1, 0.15) is 6.04 Å². The number of halogens is 1.